The summed E-state index contributed by atoms with van der Waals surface area (Å²) in [5, 5.41) is 7.99. The zero-order valence-corrected chi connectivity index (χ0v) is 13.0. The van der Waals surface area contributed by atoms with Crippen molar-refractivity contribution in [2.45, 2.75) is 18.8 Å². The molecule has 0 radical (unpaired) electrons. The van der Waals surface area contributed by atoms with Crippen LogP contribution in [-0.2, 0) is 0 Å². The lowest BCUT2D eigenvalue weighted by molar-refractivity contribution is 0.460. The highest BCUT2D eigenvalue weighted by atomic mass is 15.1. The molecule has 0 spiro atoms. The van der Waals surface area contributed by atoms with Gasteiger partial charge in [-0.15, -0.1) is 0 Å². The Kier molecular flexibility index (Phi) is 3.90. The largest absolute Gasteiger partial charge is 0.325 e. The van der Waals surface area contributed by atoms with Crippen LogP contribution in [-0.4, -0.2) is 23.1 Å². The molecule has 4 heteroatoms. The van der Waals surface area contributed by atoms with Crippen LogP contribution in [0.15, 0.2) is 54.7 Å². The number of anilines is 2. The number of aromatic nitrogens is 2. The monoisotopic (exact) mass is 304 g/mol. The topological polar surface area (TPSA) is 49.8 Å². The minimum atomic E-state index is 0.563. The van der Waals surface area contributed by atoms with Crippen LogP contribution in [0.2, 0.25) is 0 Å². The average Bonchev–Trinajstić information content (AvgIpc) is 2.63. The molecule has 4 rings (SSSR count). The lowest BCUT2D eigenvalue weighted by atomic mass is 9.90. The molecule has 3 aromatic rings. The molecular weight excluding hydrogens is 284 g/mol. The van der Waals surface area contributed by atoms with Crippen molar-refractivity contribution in [2.75, 3.05) is 18.4 Å². The molecule has 0 amide bonds. The third-order valence-corrected chi connectivity index (χ3v) is 4.46. The van der Waals surface area contributed by atoms with Crippen LogP contribution in [0.25, 0.3) is 10.9 Å². The highest BCUT2D eigenvalue weighted by Crippen LogP contribution is 2.31. The number of hydrogen-bond donors (Lipinski definition) is 2. The van der Waals surface area contributed by atoms with Crippen molar-refractivity contribution < 1.29 is 0 Å². The van der Waals surface area contributed by atoms with Gasteiger partial charge in [0.05, 0.1) is 5.52 Å². The van der Waals surface area contributed by atoms with Crippen molar-refractivity contribution in [3.63, 3.8) is 0 Å². The number of rotatable bonds is 3. The standard InChI is InChI=1S/C19H20N4/c1-2-6-17-15(4-1)7-8-18(22-17)23-19-16(5-3-11-21-19)14-9-12-20-13-10-14/h1-8,11,14,20H,9-10,12-13H2,(H,21,22,23). The summed E-state index contributed by atoms with van der Waals surface area (Å²) in [7, 11) is 0. The van der Waals surface area contributed by atoms with Crippen LogP contribution in [0.3, 0.4) is 0 Å². The van der Waals surface area contributed by atoms with E-state index < -0.39 is 0 Å². The first-order valence-electron chi connectivity index (χ1n) is 8.18. The molecule has 0 saturated carbocycles. The lowest BCUT2D eigenvalue weighted by Crippen LogP contribution is -2.27. The van der Waals surface area contributed by atoms with Crippen molar-refractivity contribution in [1.29, 1.82) is 0 Å². The fraction of sp³-hybridized carbons (Fsp3) is 0.263. The minimum Gasteiger partial charge on any atom is -0.325 e. The van der Waals surface area contributed by atoms with Crippen molar-refractivity contribution in [2.24, 2.45) is 0 Å². The van der Waals surface area contributed by atoms with Gasteiger partial charge in [0.25, 0.3) is 0 Å². The number of benzene rings is 1. The summed E-state index contributed by atoms with van der Waals surface area (Å²) in [5.41, 5.74) is 2.29. The molecule has 116 valence electrons. The molecule has 1 aliphatic rings. The van der Waals surface area contributed by atoms with Crippen LogP contribution in [0.5, 0.6) is 0 Å². The molecule has 1 aromatic carbocycles. The Hall–Kier alpha value is -2.46. The Bertz CT molecular complexity index is 809. The zero-order valence-electron chi connectivity index (χ0n) is 13.0. The number of pyridine rings is 2. The molecule has 1 aliphatic heterocycles. The number of hydrogen-bond acceptors (Lipinski definition) is 4. The summed E-state index contributed by atoms with van der Waals surface area (Å²) in [6.45, 7) is 2.15. The normalized spacial score (nSPS) is 15.7. The molecule has 0 bridgehead atoms. The number of fused-ring (bicyclic) bond motifs is 1. The van der Waals surface area contributed by atoms with E-state index in [1.54, 1.807) is 0 Å². The third kappa shape index (κ3) is 3.03. The van der Waals surface area contributed by atoms with E-state index >= 15 is 0 Å². The van der Waals surface area contributed by atoms with Gasteiger partial charge in [0.1, 0.15) is 11.6 Å². The molecule has 2 N–H and O–H groups in total. The van der Waals surface area contributed by atoms with Crippen molar-refractivity contribution in [3.05, 3.63) is 60.3 Å². The molecule has 0 aliphatic carbocycles. The van der Waals surface area contributed by atoms with Crippen molar-refractivity contribution >= 4 is 22.5 Å². The van der Waals surface area contributed by atoms with Gasteiger partial charge in [-0.3, -0.25) is 0 Å². The second kappa shape index (κ2) is 6.34. The third-order valence-electron chi connectivity index (χ3n) is 4.46. The van der Waals surface area contributed by atoms with E-state index in [4.69, 9.17) is 4.98 Å². The molecule has 1 fully saturated rings. The first kappa shape index (κ1) is 14.2. The molecule has 4 nitrogen and oxygen atoms in total. The molecule has 3 heterocycles. The number of nitrogens with one attached hydrogen (secondary N) is 2. The van der Waals surface area contributed by atoms with E-state index in [1.165, 1.54) is 5.56 Å². The summed E-state index contributed by atoms with van der Waals surface area (Å²) in [6, 6.07) is 16.5. The predicted octanol–water partition coefficient (Wildman–Crippen LogP) is 3.84. The molecule has 2 aromatic heterocycles. The van der Waals surface area contributed by atoms with Gasteiger partial charge in [0.2, 0.25) is 0 Å². The molecule has 0 atom stereocenters. The van der Waals surface area contributed by atoms with Crippen LogP contribution in [0.1, 0.15) is 24.3 Å². The van der Waals surface area contributed by atoms with Gasteiger partial charge in [-0.25, -0.2) is 9.97 Å². The van der Waals surface area contributed by atoms with Crippen molar-refractivity contribution in [1.82, 2.24) is 15.3 Å². The highest BCUT2D eigenvalue weighted by Gasteiger charge is 2.19. The van der Waals surface area contributed by atoms with Gasteiger partial charge in [-0.1, -0.05) is 24.3 Å². The highest BCUT2D eigenvalue weighted by molar-refractivity contribution is 5.80. The first-order valence-corrected chi connectivity index (χ1v) is 8.18. The van der Waals surface area contributed by atoms with Gasteiger partial charge < -0.3 is 10.6 Å². The fourth-order valence-electron chi connectivity index (χ4n) is 3.24. The average molecular weight is 304 g/mol. The maximum absolute atomic E-state index is 4.69. The van der Waals surface area contributed by atoms with Gasteiger partial charge in [0, 0.05) is 11.6 Å². The first-order chi connectivity index (χ1) is 11.4. The smallest absolute Gasteiger partial charge is 0.134 e. The van der Waals surface area contributed by atoms with Crippen LogP contribution in [0, 0.1) is 0 Å². The Labute approximate surface area is 136 Å². The van der Waals surface area contributed by atoms with Gasteiger partial charge in [0.15, 0.2) is 0 Å². The maximum atomic E-state index is 4.69. The van der Waals surface area contributed by atoms with Crippen molar-refractivity contribution in [3.8, 4) is 0 Å². The molecule has 23 heavy (non-hydrogen) atoms. The van der Waals surface area contributed by atoms with E-state index in [9.17, 15) is 0 Å². The molecular formula is C19H20N4. The summed E-state index contributed by atoms with van der Waals surface area (Å²) < 4.78 is 0. The second-order valence-electron chi connectivity index (χ2n) is 5.98. The summed E-state index contributed by atoms with van der Waals surface area (Å²) in [6.07, 6.45) is 4.16. The Balaban J connectivity index is 1.64. The Morgan fingerprint density at radius 2 is 1.83 bits per heavy atom. The zero-order chi connectivity index (χ0) is 15.5. The van der Waals surface area contributed by atoms with Crippen LogP contribution in [0.4, 0.5) is 11.6 Å². The van der Waals surface area contributed by atoms with E-state index in [0.29, 0.717) is 5.92 Å². The summed E-state index contributed by atoms with van der Waals surface area (Å²) in [5.74, 6) is 2.34. The van der Waals surface area contributed by atoms with E-state index in [-0.39, 0.29) is 0 Å². The summed E-state index contributed by atoms with van der Waals surface area (Å²) in [4.78, 5) is 9.25. The second-order valence-corrected chi connectivity index (χ2v) is 5.98. The Morgan fingerprint density at radius 1 is 0.957 bits per heavy atom. The lowest BCUT2D eigenvalue weighted by Gasteiger charge is -2.24. The van der Waals surface area contributed by atoms with E-state index in [2.05, 4.69) is 33.8 Å². The molecule has 1 saturated heterocycles. The number of nitrogens with zero attached hydrogens (tertiary/aromatic N) is 2. The van der Waals surface area contributed by atoms with E-state index in [1.807, 2.05) is 36.5 Å². The van der Waals surface area contributed by atoms with Gasteiger partial charge in [-0.2, -0.15) is 0 Å². The number of piperidine rings is 1. The quantitative estimate of drug-likeness (QED) is 0.772. The number of para-hydroxylation sites is 1. The molecule has 0 unspecified atom stereocenters. The summed E-state index contributed by atoms with van der Waals surface area (Å²) >= 11 is 0. The predicted molar refractivity (Wildman–Crippen MR) is 94.1 cm³/mol. The van der Waals surface area contributed by atoms with Crippen LogP contribution < -0.4 is 10.6 Å². The van der Waals surface area contributed by atoms with E-state index in [0.717, 1.165) is 48.5 Å². The van der Waals surface area contributed by atoms with Gasteiger partial charge >= 0.3 is 0 Å². The minimum absolute atomic E-state index is 0.563. The Morgan fingerprint density at radius 3 is 2.74 bits per heavy atom. The SMILES string of the molecule is c1cnc(Nc2ccc3ccccc3n2)c(C2CCNCC2)c1. The fourth-order valence-corrected chi connectivity index (χ4v) is 3.24. The van der Waals surface area contributed by atoms with Gasteiger partial charge in [-0.05, 0) is 61.7 Å². The van der Waals surface area contributed by atoms with Crippen LogP contribution >= 0.6 is 0 Å². The maximum Gasteiger partial charge on any atom is 0.134 e.